The SMILES string of the molecule is O=C(CNc1cc(C(F)(F)F)nc2ccc(C(F)(F)F)cc12)NC1CN(C2CCC(O)(c3cncs3)CC2)C1. The molecule has 0 radical (unpaired) electrons. The van der Waals surface area contributed by atoms with E-state index in [-0.39, 0.29) is 28.7 Å². The lowest BCUT2D eigenvalue weighted by Gasteiger charge is -2.48. The average molecular weight is 574 g/mol. The minimum atomic E-state index is -4.82. The summed E-state index contributed by atoms with van der Waals surface area (Å²) in [4.78, 5) is 23.1. The van der Waals surface area contributed by atoms with Crippen LogP contribution in [0.2, 0.25) is 0 Å². The van der Waals surface area contributed by atoms with Crippen LogP contribution in [-0.2, 0) is 22.7 Å². The van der Waals surface area contributed by atoms with Crippen LogP contribution in [-0.4, -0.2) is 57.6 Å². The van der Waals surface area contributed by atoms with Gasteiger partial charge >= 0.3 is 12.4 Å². The molecule has 0 unspecified atom stereocenters. The van der Waals surface area contributed by atoms with E-state index in [1.807, 2.05) is 0 Å². The minimum absolute atomic E-state index is 0.154. The minimum Gasteiger partial charge on any atom is -0.384 e. The highest BCUT2D eigenvalue weighted by atomic mass is 32.1. The number of anilines is 1. The van der Waals surface area contributed by atoms with Crippen molar-refractivity contribution in [1.29, 1.82) is 0 Å². The van der Waals surface area contributed by atoms with Crippen LogP contribution in [0.4, 0.5) is 32.0 Å². The number of rotatable bonds is 6. The van der Waals surface area contributed by atoms with Gasteiger partial charge in [0.2, 0.25) is 5.91 Å². The van der Waals surface area contributed by atoms with Crippen molar-refractivity contribution in [3.8, 4) is 0 Å². The number of likely N-dealkylation sites (tertiary alicyclic amines) is 1. The van der Waals surface area contributed by atoms with Gasteiger partial charge in [0.05, 0.1) is 34.1 Å². The molecular formula is C25H25F6N5O2S. The maximum atomic E-state index is 13.3. The van der Waals surface area contributed by atoms with Crippen LogP contribution in [0.15, 0.2) is 36.0 Å². The molecule has 0 bridgehead atoms. The Labute approximate surface area is 223 Å². The van der Waals surface area contributed by atoms with Gasteiger partial charge in [-0.05, 0) is 49.9 Å². The number of fused-ring (bicyclic) bond motifs is 1. The van der Waals surface area contributed by atoms with Gasteiger partial charge in [-0.2, -0.15) is 26.3 Å². The Kier molecular flexibility index (Phi) is 7.22. The fourth-order valence-corrected chi connectivity index (χ4v) is 5.97. The molecule has 1 saturated carbocycles. The molecular weight excluding hydrogens is 548 g/mol. The molecule has 2 aromatic heterocycles. The molecule has 1 aliphatic heterocycles. The Bertz CT molecular complexity index is 1330. The molecule has 39 heavy (non-hydrogen) atoms. The number of halogens is 6. The average Bonchev–Trinajstić information content (AvgIpc) is 3.40. The zero-order valence-electron chi connectivity index (χ0n) is 20.4. The number of carbonyl (C=O) groups excluding carboxylic acids is 1. The molecule has 5 rings (SSSR count). The molecule has 1 amide bonds. The highest BCUT2D eigenvalue weighted by molar-refractivity contribution is 7.09. The smallest absolute Gasteiger partial charge is 0.384 e. The molecule has 1 saturated heterocycles. The summed E-state index contributed by atoms with van der Waals surface area (Å²) in [6.45, 7) is 0.774. The van der Waals surface area contributed by atoms with Gasteiger partial charge < -0.3 is 15.7 Å². The summed E-state index contributed by atoms with van der Waals surface area (Å²) >= 11 is 1.43. The Balaban J connectivity index is 1.17. The summed E-state index contributed by atoms with van der Waals surface area (Å²) in [5, 5.41) is 16.1. The van der Waals surface area contributed by atoms with E-state index in [0.29, 0.717) is 44.1 Å². The Morgan fingerprint density at radius 1 is 1.10 bits per heavy atom. The molecule has 0 spiro atoms. The largest absolute Gasteiger partial charge is 0.433 e. The van der Waals surface area contributed by atoms with Crippen LogP contribution in [0, 0.1) is 0 Å². The number of hydrogen-bond acceptors (Lipinski definition) is 7. The third-order valence-electron chi connectivity index (χ3n) is 7.33. The molecule has 1 aliphatic carbocycles. The van der Waals surface area contributed by atoms with E-state index in [1.54, 1.807) is 11.7 Å². The number of nitrogens with zero attached hydrogens (tertiary/aromatic N) is 3. The van der Waals surface area contributed by atoms with E-state index < -0.39 is 41.7 Å². The van der Waals surface area contributed by atoms with Crippen LogP contribution < -0.4 is 10.6 Å². The van der Waals surface area contributed by atoms with Crippen molar-refractivity contribution >= 4 is 33.8 Å². The van der Waals surface area contributed by atoms with Gasteiger partial charge in [0.15, 0.2) is 0 Å². The molecule has 14 heteroatoms. The maximum Gasteiger partial charge on any atom is 0.433 e. The summed E-state index contributed by atoms with van der Waals surface area (Å²) in [6.07, 6.45) is -4.98. The predicted octanol–water partition coefficient (Wildman–Crippen LogP) is 4.77. The number of amides is 1. The summed E-state index contributed by atoms with van der Waals surface area (Å²) < 4.78 is 79.5. The lowest BCUT2D eigenvalue weighted by atomic mass is 9.80. The van der Waals surface area contributed by atoms with E-state index >= 15 is 0 Å². The molecule has 2 fully saturated rings. The number of hydrogen-bond donors (Lipinski definition) is 3. The topological polar surface area (TPSA) is 90.4 Å². The number of nitrogens with one attached hydrogen (secondary N) is 2. The highest BCUT2D eigenvalue weighted by Gasteiger charge is 2.41. The van der Waals surface area contributed by atoms with Crippen LogP contribution >= 0.6 is 11.3 Å². The molecule has 3 aromatic rings. The molecule has 1 aromatic carbocycles. The number of carbonyl (C=O) groups is 1. The lowest BCUT2D eigenvalue weighted by molar-refractivity contribution is -0.141. The first-order chi connectivity index (χ1) is 18.3. The molecule has 3 N–H and O–H groups in total. The van der Waals surface area contributed by atoms with Crippen molar-refractivity contribution in [2.24, 2.45) is 0 Å². The molecule has 210 valence electrons. The summed E-state index contributed by atoms with van der Waals surface area (Å²) in [5.74, 6) is -0.492. The number of benzene rings is 1. The van der Waals surface area contributed by atoms with E-state index in [4.69, 9.17) is 0 Å². The number of alkyl halides is 6. The molecule has 3 heterocycles. The van der Waals surface area contributed by atoms with Crippen molar-refractivity contribution < 1.29 is 36.2 Å². The first-order valence-corrected chi connectivity index (χ1v) is 13.2. The van der Waals surface area contributed by atoms with Gasteiger partial charge in [0.1, 0.15) is 11.3 Å². The van der Waals surface area contributed by atoms with Crippen molar-refractivity contribution in [3.05, 3.63) is 52.1 Å². The summed E-state index contributed by atoms with van der Waals surface area (Å²) in [7, 11) is 0. The first-order valence-electron chi connectivity index (χ1n) is 12.3. The van der Waals surface area contributed by atoms with Crippen molar-refractivity contribution in [2.75, 3.05) is 25.0 Å². The van der Waals surface area contributed by atoms with Gasteiger partial charge in [-0.1, -0.05) is 0 Å². The Hall–Kier alpha value is -2.97. The second kappa shape index (κ2) is 10.2. The van der Waals surface area contributed by atoms with Gasteiger partial charge in [-0.25, -0.2) is 4.98 Å². The van der Waals surface area contributed by atoms with Crippen LogP contribution in [0.5, 0.6) is 0 Å². The second-order valence-electron chi connectivity index (χ2n) is 9.98. The highest BCUT2D eigenvalue weighted by Crippen LogP contribution is 2.41. The Morgan fingerprint density at radius 3 is 2.44 bits per heavy atom. The van der Waals surface area contributed by atoms with E-state index in [9.17, 15) is 36.2 Å². The van der Waals surface area contributed by atoms with E-state index in [0.717, 1.165) is 23.8 Å². The zero-order valence-corrected chi connectivity index (χ0v) is 21.3. The van der Waals surface area contributed by atoms with Gasteiger partial charge in [-0.3, -0.25) is 14.7 Å². The molecule has 7 nitrogen and oxygen atoms in total. The zero-order chi connectivity index (χ0) is 28.0. The van der Waals surface area contributed by atoms with Crippen molar-refractivity contribution in [2.45, 2.75) is 55.7 Å². The number of pyridine rings is 1. The van der Waals surface area contributed by atoms with Gasteiger partial charge in [0, 0.05) is 36.4 Å². The van der Waals surface area contributed by atoms with Crippen molar-refractivity contribution in [1.82, 2.24) is 20.2 Å². The normalized spacial score (nSPS) is 23.0. The first kappa shape index (κ1) is 27.6. The third-order valence-corrected chi connectivity index (χ3v) is 8.30. The fourth-order valence-electron chi connectivity index (χ4n) is 5.19. The second-order valence-corrected chi connectivity index (χ2v) is 10.9. The Morgan fingerprint density at radius 2 is 1.82 bits per heavy atom. The summed E-state index contributed by atoms with van der Waals surface area (Å²) in [6, 6.07) is 2.99. The van der Waals surface area contributed by atoms with Crippen LogP contribution in [0.25, 0.3) is 10.9 Å². The van der Waals surface area contributed by atoms with E-state index in [1.165, 1.54) is 11.3 Å². The van der Waals surface area contributed by atoms with E-state index in [2.05, 4.69) is 25.5 Å². The maximum absolute atomic E-state index is 13.3. The predicted molar refractivity (Wildman–Crippen MR) is 132 cm³/mol. The quantitative estimate of drug-likeness (QED) is 0.368. The van der Waals surface area contributed by atoms with Crippen LogP contribution in [0.1, 0.15) is 41.8 Å². The number of thiazole rings is 1. The molecule has 0 atom stereocenters. The van der Waals surface area contributed by atoms with Crippen molar-refractivity contribution in [3.63, 3.8) is 0 Å². The van der Waals surface area contributed by atoms with Gasteiger partial charge in [-0.15, -0.1) is 11.3 Å². The monoisotopic (exact) mass is 573 g/mol. The van der Waals surface area contributed by atoms with Crippen LogP contribution in [0.3, 0.4) is 0 Å². The van der Waals surface area contributed by atoms with Gasteiger partial charge in [0.25, 0.3) is 0 Å². The summed E-state index contributed by atoms with van der Waals surface area (Å²) in [5.41, 5.74) is -2.01. The number of aromatic nitrogens is 2. The standard InChI is InChI=1S/C25H25F6N5O2S/c26-24(27,28)14-1-2-18-17(7-14)19(8-20(35-18)25(29,30)31)33-10-22(37)34-15-11-36(12-15)16-3-5-23(38,6-4-16)21-9-32-13-39-21/h1-2,7-9,13,15-16,38H,3-6,10-12H2,(H,33,35)(H,34,37). The third kappa shape index (κ3) is 5.97. The number of aliphatic hydroxyl groups is 1. The molecule has 2 aliphatic rings. The lowest BCUT2D eigenvalue weighted by Crippen LogP contribution is -2.63. The fraction of sp³-hybridized carbons (Fsp3) is 0.480.